The van der Waals surface area contributed by atoms with Gasteiger partial charge in [-0.15, -0.1) is 0 Å². The van der Waals surface area contributed by atoms with Gasteiger partial charge in [-0.3, -0.25) is 29.4 Å². The molecule has 0 atom stereocenters. The third-order valence-electron chi connectivity index (χ3n) is 5.49. The van der Waals surface area contributed by atoms with Crippen molar-refractivity contribution in [3.05, 3.63) is 68.9 Å². The molecule has 2 heterocycles. The molecule has 2 aliphatic heterocycles. The lowest BCUT2D eigenvalue weighted by atomic mass is 10.1. The SMILES string of the molecule is O=C(CN1C(=O)S/C(=C/c2ccc(N3CCCCC3)c([N+](=O)[O-])c2)C1=O)Nc1ccc(F)cc1. The fourth-order valence-electron chi connectivity index (χ4n) is 3.84. The Morgan fingerprint density at radius 1 is 1.12 bits per heavy atom. The summed E-state index contributed by atoms with van der Waals surface area (Å²) in [6.45, 7) is 0.992. The van der Waals surface area contributed by atoms with Crippen LogP contribution in [0.2, 0.25) is 0 Å². The predicted molar refractivity (Wildman–Crippen MR) is 127 cm³/mol. The lowest BCUT2D eigenvalue weighted by Crippen LogP contribution is -2.36. The molecule has 0 radical (unpaired) electrons. The molecule has 2 fully saturated rings. The number of nitro benzene ring substituents is 1. The third-order valence-corrected chi connectivity index (χ3v) is 6.40. The van der Waals surface area contributed by atoms with Crippen molar-refractivity contribution in [1.82, 2.24) is 4.90 Å². The Bertz CT molecular complexity index is 1180. The highest BCUT2D eigenvalue weighted by atomic mass is 32.2. The number of imide groups is 1. The van der Waals surface area contributed by atoms with E-state index in [2.05, 4.69) is 5.32 Å². The molecule has 0 aromatic heterocycles. The Hall–Kier alpha value is -3.73. The maximum atomic E-state index is 13.0. The highest BCUT2D eigenvalue weighted by Gasteiger charge is 2.36. The number of halogens is 1. The van der Waals surface area contributed by atoms with E-state index in [-0.39, 0.29) is 10.6 Å². The number of carbonyl (C=O) groups is 3. The Labute approximate surface area is 198 Å². The smallest absolute Gasteiger partial charge is 0.294 e. The minimum atomic E-state index is -0.660. The van der Waals surface area contributed by atoms with Crippen molar-refractivity contribution in [2.75, 3.05) is 29.9 Å². The van der Waals surface area contributed by atoms with Crippen LogP contribution in [0.4, 0.5) is 26.2 Å². The molecule has 176 valence electrons. The second kappa shape index (κ2) is 10.0. The fourth-order valence-corrected chi connectivity index (χ4v) is 4.68. The summed E-state index contributed by atoms with van der Waals surface area (Å²) < 4.78 is 13.0. The van der Waals surface area contributed by atoms with Gasteiger partial charge in [0, 0.05) is 24.8 Å². The molecule has 11 heteroatoms. The molecule has 2 aromatic rings. The number of amides is 3. The predicted octanol–water partition coefficient (Wildman–Crippen LogP) is 4.40. The zero-order valence-electron chi connectivity index (χ0n) is 18.0. The third kappa shape index (κ3) is 5.25. The highest BCUT2D eigenvalue weighted by Crippen LogP contribution is 2.35. The molecule has 2 saturated heterocycles. The van der Waals surface area contributed by atoms with Crippen LogP contribution in [0.5, 0.6) is 0 Å². The number of carbonyl (C=O) groups excluding carboxylic acids is 3. The van der Waals surface area contributed by atoms with Crippen molar-refractivity contribution < 1.29 is 23.7 Å². The first-order valence-corrected chi connectivity index (χ1v) is 11.5. The van der Waals surface area contributed by atoms with Gasteiger partial charge in [-0.2, -0.15) is 0 Å². The molecule has 0 spiro atoms. The number of benzene rings is 2. The molecule has 0 aliphatic carbocycles. The summed E-state index contributed by atoms with van der Waals surface area (Å²) >= 11 is 0.662. The molecular weight excluding hydrogens is 463 g/mol. The van der Waals surface area contributed by atoms with Crippen LogP contribution in [0, 0.1) is 15.9 Å². The summed E-state index contributed by atoms with van der Waals surface area (Å²) in [5, 5.41) is 13.5. The number of hydrogen-bond donors (Lipinski definition) is 1. The quantitative estimate of drug-likeness (QED) is 0.367. The number of anilines is 2. The van der Waals surface area contributed by atoms with Gasteiger partial charge >= 0.3 is 0 Å². The number of hydrogen-bond acceptors (Lipinski definition) is 7. The number of rotatable bonds is 6. The molecule has 9 nitrogen and oxygen atoms in total. The standard InChI is InChI=1S/C23H21FN4O5S/c24-16-5-7-17(8-6-16)25-21(29)14-27-22(30)20(34-23(27)31)13-15-4-9-18(19(12-15)28(32)33)26-10-2-1-3-11-26/h4-9,12-13H,1-3,10-11,14H2,(H,25,29)/b20-13+. The van der Waals surface area contributed by atoms with Gasteiger partial charge in [0.2, 0.25) is 5.91 Å². The lowest BCUT2D eigenvalue weighted by molar-refractivity contribution is -0.384. The normalized spacial score (nSPS) is 17.4. The van der Waals surface area contributed by atoms with E-state index >= 15 is 0 Å². The van der Waals surface area contributed by atoms with E-state index in [4.69, 9.17) is 0 Å². The first kappa shape index (κ1) is 23.4. The maximum absolute atomic E-state index is 13.0. The number of nitrogens with zero attached hydrogens (tertiary/aromatic N) is 3. The van der Waals surface area contributed by atoms with Crippen LogP contribution < -0.4 is 10.2 Å². The zero-order chi connectivity index (χ0) is 24.2. The topological polar surface area (TPSA) is 113 Å². The summed E-state index contributed by atoms with van der Waals surface area (Å²) in [6.07, 6.45) is 4.46. The number of nitrogens with one attached hydrogen (secondary N) is 1. The maximum Gasteiger partial charge on any atom is 0.294 e. The number of thioether (sulfide) groups is 1. The van der Waals surface area contributed by atoms with E-state index in [1.54, 1.807) is 12.1 Å². The molecule has 4 rings (SSSR count). The molecule has 0 unspecified atom stereocenters. The molecule has 3 amide bonds. The van der Waals surface area contributed by atoms with E-state index in [1.807, 2.05) is 4.90 Å². The first-order valence-electron chi connectivity index (χ1n) is 10.7. The number of piperidine rings is 1. The van der Waals surface area contributed by atoms with Gasteiger partial charge in [0.1, 0.15) is 18.0 Å². The van der Waals surface area contributed by atoms with Crippen LogP contribution in [-0.2, 0) is 9.59 Å². The zero-order valence-corrected chi connectivity index (χ0v) is 18.8. The largest absolute Gasteiger partial charge is 0.366 e. The van der Waals surface area contributed by atoms with Gasteiger partial charge in [0.25, 0.3) is 16.8 Å². The fraction of sp³-hybridized carbons (Fsp3) is 0.261. The Kier molecular flexibility index (Phi) is 6.92. The van der Waals surface area contributed by atoms with Gasteiger partial charge in [0.15, 0.2) is 0 Å². The van der Waals surface area contributed by atoms with E-state index < -0.39 is 34.3 Å². The second-order valence-corrected chi connectivity index (χ2v) is 8.87. The van der Waals surface area contributed by atoms with E-state index in [0.29, 0.717) is 28.7 Å². The Morgan fingerprint density at radius 3 is 2.50 bits per heavy atom. The van der Waals surface area contributed by atoms with Crippen molar-refractivity contribution in [2.45, 2.75) is 19.3 Å². The monoisotopic (exact) mass is 484 g/mol. The summed E-state index contributed by atoms with van der Waals surface area (Å²) in [4.78, 5) is 51.4. The van der Waals surface area contributed by atoms with Gasteiger partial charge in [0.05, 0.1) is 9.83 Å². The van der Waals surface area contributed by atoms with Crippen LogP contribution in [0.3, 0.4) is 0 Å². The molecule has 0 saturated carbocycles. The molecule has 2 aliphatic rings. The van der Waals surface area contributed by atoms with Crippen molar-refractivity contribution in [1.29, 1.82) is 0 Å². The molecule has 1 N–H and O–H groups in total. The minimum absolute atomic E-state index is 0.0615. The van der Waals surface area contributed by atoms with Crippen molar-refractivity contribution >= 4 is 52.0 Å². The molecule has 0 bridgehead atoms. The van der Waals surface area contributed by atoms with Gasteiger partial charge < -0.3 is 10.2 Å². The van der Waals surface area contributed by atoms with Gasteiger partial charge in [-0.1, -0.05) is 6.07 Å². The second-order valence-electron chi connectivity index (χ2n) is 7.88. The van der Waals surface area contributed by atoms with Crippen LogP contribution in [0.1, 0.15) is 24.8 Å². The van der Waals surface area contributed by atoms with Crippen molar-refractivity contribution in [3.63, 3.8) is 0 Å². The van der Waals surface area contributed by atoms with Crippen LogP contribution >= 0.6 is 11.8 Å². The lowest BCUT2D eigenvalue weighted by Gasteiger charge is -2.28. The summed E-state index contributed by atoms with van der Waals surface area (Å²) in [6, 6.07) is 9.80. The van der Waals surface area contributed by atoms with Crippen LogP contribution in [-0.4, -0.2) is 46.5 Å². The minimum Gasteiger partial charge on any atom is -0.366 e. The highest BCUT2D eigenvalue weighted by molar-refractivity contribution is 8.18. The summed E-state index contributed by atoms with van der Waals surface area (Å²) in [5.74, 6) is -1.73. The van der Waals surface area contributed by atoms with Crippen LogP contribution in [0.25, 0.3) is 6.08 Å². The summed E-state index contributed by atoms with van der Waals surface area (Å²) in [5.41, 5.74) is 1.21. The Morgan fingerprint density at radius 2 is 1.82 bits per heavy atom. The molecule has 34 heavy (non-hydrogen) atoms. The molecular formula is C23H21FN4O5S. The van der Waals surface area contributed by atoms with Crippen LogP contribution in [0.15, 0.2) is 47.4 Å². The first-order chi connectivity index (χ1) is 16.3. The van der Waals surface area contributed by atoms with Gasteiger partial charge in [-0.05, 0) is 73.0 Å². The van der Waals surface area contributed by atoms with Crippen molar-refractivity contribution in [3.8, 4) is 0 Å². The molecule has 2 aromatic carbocycles. The van der Waals surface area contributed by atoms with E-state index in [0.717, 1.165) is 37.3 Å². The average molecular weight is 485 g/mol. The van der Waals surface area contributed by atoms with E-state index in [9.17, 15) is 28.9 Å². The van der Waals surface area contributed by atoms with Crippen molar-refractivity contribution in [2.24, 2.45) is 0 Å². The number of nitro groups is 1. The van der Waals surface area contributed by atoms with E-state index in [1.165, 1.54) is 36.4 Å². The Balaban J connectivity index is 1.49. The average Bonchev–Trinajstić information content (AvgIpc) is 3.08. The summed E-state index contributed by atoms with van der Waals surface area (Å²) in [7, 11) is 0. The van der Waals surface area contributed by atoms with Gasteiger partial charge in [-0.25, -0.2) is 4.39 Å².